The second-order valence-corrected chi connectivity index (χ2v) is 10.9. The van der Waals surface area contributed by atoms with Gasteiger partial charge in [0.05, 0.1) is 6.54 Å². The molecular formula is C16H20F8NO2Si. The van der Waals surface area contributed by atoms with Gasteiger partial charge in [-0.25, -0.2) is 8.78 Å². The molecule has 0 atom stereocenters. The van der Waals surface area contributed by atoms with E-state index in [0.717, 1.165) is 5.56 Å². The van der Waals surface area contributed by atoms with Crippen LogP contribution in [0, 0.1) is 0 Å². The van der Waals surface area contributed by atoms with E-state index in [1.807, 2.05) is 20.0 Å². The predicted molar refractivity (Wildman–Crippen MR) is 86.3 cm³/mol. The zero-order valence-electron chi connectivity index (χ0n) is 15.3. The van der Waals surface area contributed by atoms with Crippen LogP contribution in [0.25, 0.3) is 0 Å². The van der Waals surface area contributed by atoms with Crippen LogP contribution < -0.4 is 0 Å². The number of halogens is 8. The maximum atomic E-state index is 13.6. The van der Waals surface area contributed by atoms with E-state index >= 15 is 0 Å². The topological polar surface area (TPSA) is 32.4 Å². The summed E-state index contributed by atoms with van der Waals surface area (Å²) in [6.07, 6.45) is -5.07. The van der Waals surface area contributed by atoms with Gasteiger partial charge in [-0.3, -0.25) is 0 Å². The number of rotatable bonds is 10. The van der Waals surface area contributed by atoms with E-state index in [-0.39, 0.29) is 5.56 Å². The van der Waals surface area contributed by atoms with Crippen molar-refractivity contribution in [3.8, 4) is 0 Å². The molecule has 1 rings (SSSR count). The Morgan fingerprint density at radius 1 is 1.00 bits per heavy atom. The van der Waals surface area contributed by atoms with Crippen molar-refractivity contribution >= 4 is 8.32 Å². The third kappa shape index (κ3) is 5.22. The lowest BCUT2D eigenvalue weighted by molar-refractivity contribution is -0.437. The van der Waals surface area contributed by atoms with Gasteiger partial charge in [-0.1, -0.05) is 29.3 Å². The van der Waals surface area contributed by atoms with E-state index in [9.17, 15) is 40.3 Å². The fourth-order valence-corrected chi connectivity index (χ4v) is 4.56. The molecule has 0 aliphatic rings. The summed E-state index contributed by atoms with van der Waals surface area (Å²) in [5, 5.41) is 9.83. The molecule has 1 aromatic carbocycles. The first-order valence-corrected chi connectivity index (χ1v) is 11.3. The molecule has 0 unspecified atom stereocenters. The fraction of sp³-hybridized carbons (Fsp3) is 0.625. The Morgan fingerprint density at radius 2 is 1.46 bits per heavy atom. The number of alkyl halides is 8. The SMILES string of the molecule is CCO[Si](C)(C)Cc1ccc(CN([O])C(F)(F)C(F)(F)C(F)(F)C(F)F)cc1. The molecule has 12 heteroatoms. The van der Waals surface area contributed by atoms with Crippen LogP contribution in [-0.4, -0.2) is 44.3 Å². The number of hydroxylamine groups is 2. The molecule has 0 heterocycles. The van der Waals surface area contributed by atoms with Crippen molar-refractivity contribution in [2.75, 3.05) is 6.61 Å². The van der Waals surface area contributed by atoms with Gasteiger partial charge in [0.1, 0.15) is 0 Å². The van der Waals surface area contributed by atoms with Gasteiger partial charge < -0.3 is 4.43 Å². The molecule has 1 radical (unpaired) electrons. The Kier molecular flexibility index (Phi) is 7.65. The van der Waals surface area contributed by atoms with Crippen molar-refractivity contribution in [3.05, 3.63) is 35.4 Å². The van der Waals surface area contributed by atoms with Crippen LogP contribution in [0.15, 0.2) is 24.3 Å². The molecule has 0 spiro atoms. The zero-order chi connectivity index (χ0) is 22.0. The monoisotopic (exact) mass is 438 g/mol. The van der Waals surface area contributed by atoms with Crippen LogP contribution >= 0.6 is 0 Å². The van der Waals surface area contributed by atoms with Crippen LogP contribution in [0.4, 0.5) is 35.1 Å². The summed E-state index contributed by atoms with van der Waals surface area (Å²) in [6, 6.07) is -0.194. The summed E-state index contributed by atoms with van der Waals surface area (Å²) in [7, 11) is -2.03. The second-order valence-electron chi connectivity index (χ2n) is 6.76. The molecule has 0 aliphatic carbocycles. The lowest BCUT2D eigenvalue weighted by Crippen LogP contribution is -2.63. The summed E-state index contributed by atoms with van der Waals surface area (Å²) >= 11 is 0. The predicted octanol–water partition coefficient (Wildman–Crippen LogP) is 5.29. The maximum absolute atomic E-state index is 13.6. The smallest absolute Gasteiger partial charge is 0.397 e. The minimum atomic E-state index is -6.57. The molecule has 0 aromatic heterocycles. The Labute approximate surface area is 158 Å². The maximum Gasteiger partial charge on any atom is 0.397 e. The molecule has 0 amide bonds. The molecule has 0 saturated heterocycles. The first-order valence-electron chi connectivity index (χ1n) is 8.16. The third-order valence-corrected chi connectivity index (χ3v) is 6.23. The Morgan fingerprint density at radius 3 is 1.89 bits per heavy atom. The van der Waals surface area contributed by atoms with Gasteiger partial charge in [0.25, 0.3) is 0 Å². The first kappa shape index (κ1) is 24.8. The molecular weight excluding hydrogens is 418 g/mol. The lowest BCUT2D eigenvalue weighted by Gasteiger charge is -2.34. The molecule has 0 bridgehead atoms. The highest BCUT2D eigenvalue weighted by Gasteiger charge is 2.77. The van der Waals surface area contributed by atoms with Gasteiger partial charge in [-0.05, 0) is 37.2 Å². The molecule has 0 N–H and O–H groups in total. The molecule has 3 nitrogen and oxygen atoms in total. The van der Waals surface area contributed by atoms with E-state index in [4.69, 9.17) is 4.43 Å². The van der Waals surface area contributed by atoms with Crippen LogP contribution in [0.1, 0.15) is 18.1 Å². The highest BCUT2D eigenvalue weighted by atomic mass is 28.4. The molecule has 0 fully saturated rings. The Hall–Kier alpha value is -1.24. The van der Waals surface area contributed by atoms with Crippen molar-refractivity contribution in [2.24, 2.45) is 0 Å². The summed E-state index contributed by atoms with van der Waals surface area (Å²) in [4.78, 5) is 0. The minimum absolute atomic E-state index is 0.175. The average molecular weight is 438 g/mol. The summed E-state index contributed by atoms with van der Waals surface area (Å²) in [5.41, 5.74) is 0.568. The highest BCUT2D eigenvalue weighted by Crippen LogP contribution is 2.49. The molecule has 0 aliphatic heterocycles. The van der Waals surface area contributed by atoms with E-state index < -0.39 is 44.2 Å². The van der Waals surface area contributed by atoms with Gasteiger partial charge >= 0.3 is 24.3 Å². The van der Waals surface area contributed by atoms with Crippen molar-refractivity contribution in [1.82, 2.24) is 5.06 Å². The van der Waals surface area contributed by atoms with Crippen molar-refractivity contribution < 1.29 is 44.8 Å². The average Bonchev–Trinajstić information content (AvgIpc) is 2.55. The number of benzene rings is 1. The van der Waals surface area contributed by atoms with Gasteiger partial charge in [-0.15, -0.1) is 5.21 Å². The van der Waals surface area contributed by atoms with E-state index in [2.05, 4.69) is 0 Å². The van der Waals surface area contributed by atoms with Crippen molar-refractivity contribution in [1.29, 1.82) is 0 Å². The van der Waals surface area contributed by atoms with Gasteiger partial charge in [0, 0.05) is 6.61 Å². The van der Waals surface area contributed by atoms with Crippen LogP contribution in [-0.2, 0) is 22.2 Å². The van der Waals surface area contributed by atoms with Crippen molar-refractivity contribution in [3.63, 3.8) is 0 Å². The van der Waals surface area contributed by atoms with Crippen LogP contribution in [0.2, 0.25) is 13.1 Å². The third-order valence-electron chi connectivity index (χ3n) is 3.90. The van der Waals surface area contributed by atoms with Gasteiger partial charge in [0.15, 0.2) is 8.32 Å². The zero-order valence-corrected chi connectivity index (χ0v) is 16.3. The normalized spacial score (nSPS) is 14.2. The lowest BCUT2D eigenvalue weighted by atomic mass is 10.1. The van der Waals surface area contributed by atoms with Crippen molar-refractivity contribution in [2.45, 2.75) is 56.9 Å². The van der Waals surface area contributed by atoms with E-state index in [1.165, 1.54) is 24.3 Å². The molecule has 1 aromatic rings. The highest BCUT2D eigenvalue weighted by molar-refractivity contribution is 6.70. The van der Waals surface area contributed by atoms with E-state index in [1.54, 1.807) is 0 Å². The number of hydrogen-bond acceptors (Lipinski definition) is 2. The fourth-order valence-electron chi connectivity index (χ4n) is 2.46. The summed E-state index contributed by atoms with van der Waals surface area (Å²) in [5.74, 6) is -12.9. The van der Waals surface area contributed by atoms with Crippen LogP contribution in [0.5, 0.6) is 0 Å². The number of nitrogens with zero attached hydrogens (tertiary/aromatic N) is 1. The van der Waals surface area contributed by atoms with Crippen LogP contribution in [0.3, 0.4) is 0 Å². The molecule has 28 heavy (non-hydrogen) atoms. The summed E-state index contributed by atoms with van der Waals surface area (Å²) < 4.78 is 109. The Balaban J connectivity index is 2.93. The quantitative estimate of drug-likeness (QED) is 0.215. The summed E-state index contributed by atoms with van der Waals surface area (Å²) in [6.45, 7) is 4.82. The first-order chi connectivity index (χ1) is 12.6. The van der Waals surface area contributed by atoms with E-state index in [0.29, 0.717) is 12.7 Å². The molecule has 0 saturated carbocycles. The largest absolute Gasteiger partial charge is 0.417 e. The number of hydrogen-bond donors (Lipinski definition) is 0. The minimum Gasteiger partial charge on any atom is -0.417 e. The van der Waals surface area contributed by atoms with Gasteiger partial charge in [0.2, 0.25) is 0 Å². The Bertz CT molecular complexity index is 640. The standard InChI is InChI=1S/C16H20F8NO2Si/c1-4-27-28(2,3)10-12-7-5-11(6-8-12)9-25(26)16(23,24)15(21,22)14(19,20)13(17)18/h5-8,13H,4,9-10H2,1-3H3. The second kappa shape index (κ2) is 8.64. The molecule has 161 valence electrons. The van der Waals surface area contributed by atoms with Gasteiger partial charge in [-0.2, -0.15) is 26.3 Å².